The molecule has 3 N–H and O–H groups in total. The Hall–Kier alpha value is -1.26. The molecule has 0 saturated carbocycles. The molecule has 0 unspecified atom stereocenters. The topological polar surface area (TPSA) is 55.7 Å². The zero-order valence-corrected chi connectivity index (χ0v) is 9.76. The van der Waals surface area contributed by atoms with Crippen molar-refractivity contribution in [3.63, 3.8) is 0 Å². The van der Waals surface area contributed by atoms with Crippen molar-refractivity contribution < 1.29 is 10.2 Å². The Morgan fingerprint density at radius 3 is 2.53 bits per heavy atom. The molecular weight excluding hydrogens is 216 g/mol. The summed E-state index contributed by atoms with van der Waals surface area (Å²) in [4.78, 5) is 2.39. The van der Waals surface area contributed by atoms with Crippen LogP contribution in [0, 0.1) is 11.8 Å². The molecule has 2 atom stereocenters. The van der Waals surface area contributed by atoms with Crippen LogP contribution in [-0.4, -0.2) is 41.3 Å². The third-order valence-corrected chi connectivity index (χ3v) is 3.93. The summed E-state index contributed by atoms with van der Waals surface area (Å²) in [5.74, 6) is 1.86. The van der Waals surface area contributed by atoms with E-state index in [2.05, 4.69) is 10.2 Å². The average Bonchev–Trinajstić information content (AvgIpc) is 2.82. The van der Waals surface area contributed by atoms with Gasteiger partial charge in [-0.15, -0.1) is 0 Å². The van der Waals surface area contributed by atoms with Gasteiger partial charge >= 0.3 is 0 Å². The van der Waals surface area contributed by atoms with E-state index in [9.17, 15) is 10.2 Å². The predicted octanol–water partition coefficient (Wildman–Crippen LogP) is 0.749. The molecule has 2 aliphatic heterocycles. The first-order valence-electron chi connectivity index (χ1n) is 6.16. The van der Waals surface area contributed by atoms with Gasteiger partial charge in [0.25, 0.3) is 0 Å². The van der Waals surface area contributed by atoms with Gasteiger partial charge in [0.2, 0.25) is 0 Å². The molecule has 2 fully saturated rings. The zero-order chi connectivity index (χ0) is 11.8. The summed E-state index contributed by atoms with van der Waals surface area (Å²) in [6.07, 6.45) is 0. The van der Waals surface area contributed by atoms with Crippen LogP contribution in [0.3, 0.4) is 0 Å². The van der Waals surface area contributed by atoms with Gasteiger partial charge in [-0.25, -0.2) is 0 Å². The lowest BCUT2D eigenvalue weighted by Crippen LogP contribution is -2.25. The monoisotopic (exact) mass is 234 g/mol. The fraction of sp³-hybridized carbons (Fsp3) is 0.538. The summed E-state index contributed by atoms with van der Waals surface area (Å²) < 4.78 is 0. The molecule has 0 aromatic heterocycles. The van der Waals surface area contributed by atoms with Gasteiger partial charge in [0.05, 0.1) is 0 Å². The second-order valence-corrected chi connectivity index (χ2v) is 5.19. The highest BCUT2D eigenvalue weighted by molar-refractivity contribution is 5.38. The highest BCUT2D eigenvalue weighted by Gasteiger charge is 2.35. The summed E-state index contributed by atoms with van der Waals surface area (Å²) in [5, 5.41) is 22.4. The molecule has 1 aromatic carbocycles. The Labute approximate surface area is 101 Å². The van der Waals surface area contributed by atoms with Crippen LogP contribution < -0.4 is 5.32 Å². The van der Waals surface area contributed by atoms with Crippen LogP contribution in [0.4, 0.5) is 0 Å². The number of aromatic hydroxyl groups is 2. The number of likely N-dealkylation sites (tertiary alicyclic amines) is 1. The van der Waals surface area contributed by atoms with Crippen LogP contribution in [0.15, 0.2) is 18.2 Å². The molecule has 2 aliphatic rings. The Kier molecular flexibility index (Phi) is 2.68. The van der Waals surface area contributed by atoms with Crippen molar-refractivity contribution in [2.45, 2.75) is 6.54 Å². The molecule has 2 saturated heterocycles. The minimum Gasteiger partial charge on any atom is -0.508 e. The van der Waals surface area contributed by atoms with Crippen LogP contribution in [0.1, 0.15) is 5.56 Å². The molecule has 2 heterocycles. The minimum absolute atomic E-state index is 0.119. The quantitative estimate of drug-likeness (QED) is 0.707. The van der Waals surface area contributed by atoms with E-state index in [1.165, 1.54) is 6.07 Å². The maximum absolute atomic E-state index is 9.76. The molecule has 3 rings (SSSR count). The van der Waals surface area contributed by atoms with E-state index in [-0.39, 0.29) is 11.5 Å². The van der Waals surface area contributed by atoms with E-state index in [1.54, 1.807) is 12.1 Å². The van der Waals surface area contributed by atoms with Crippen LogP contribution in [0.2, 0.25) is 0 Å². The van der Waals surface area contributed by atoms with E-state index in [0.717, 1.165) is 50.1 Å². The Morgan fingerprint density at radius 1 is 1.18 bits per heavy atom. The molecule has 0 amide bonds. The van der Waals surface area contributed by atoms with Crippen LogP contribution in [0.5, 0.6) is 11.5 Å². The van der Waals surface area contributed by atoms with Crippen molar-refractivity contribution in [2.24, 2.45) is 11.8 Å². The van der Waals surface area contributed by atoms with E-state index in [1.807, 2.05) is 0 Å². The first-order chi connectivity index (χ1) is 8.22. The van der Waals surface area contributed by atoms with E-state index >= 15 is 0 Å². The van der Waals surface area contributed by atoms with Crippen molar-refractivity contribution in [2.75, 3.05) is 26.2 Å². The maximum atomic E-state index is 9.76. The summed E-state index contributed by atoms with van der Waals surface area (Å²) >= 11 is 0. The third kappa shape index (κ3) is 2.10. The smallest absolute Gasteiger partial charge is 0.123 e. The number of phenols is 2. The summed E-state index contributed by atoms with van der Waals surface area (Å²) in [5.41, 5.74) is 0.899. The molecule has 4 nitrogen and oxygen atoms in total. The fourth-order valence-corrected chi connectivity index (χ4v) is 3.01. The van der Waals surface area contributed by atoms with E-state index < -0.39 is 0 Å². The van der Waals surface area contributed by atoms with Crippen LogP contribution in [0.25, 0.3) is 0 Å². The summed E-state index contributed by atoms with van der Waals surface area (Å²) in [6, 6.07) is 4.85. The van der Waals surface area contributed by atoms with Gasteiger partial charge in [-0.05, 0) is 31.0 Å². The lowest BCUT2D eigenvalue weighted by Gasteiger charge is -2.17. The average molecular weight is 234 g/mol. The van der Waals surface area contributed by atoms with Crippen molar-refractivity contribution in [1.29, 1.82) is 0 Å². The molecule has 0 spiro atoms. The number of nitrogens with one attached hydrogen (secondary N) is 1. The minimum atomic E-state index is 0.119. The van der Waals surface area contributed by atoms with Crippen LogP contribution in [-0.2, 0) is 6.54 Å². The fourth-order valence-electron chi connectivity index (χ4n) is 3.01. The maximum Gasteiger partial charge on any atom is 0.123 e. The Morgan fingerprint density at radius 2 is 1.88 bits per heavy atom. The highest BCUT2D eigenvalue weighted by atomic mass is 16.3. The van der Waals surface area contributed by atoms with Gasteiger partial charge in [0.1, 0.15) is 11.5 Å². The number of nitrogens with zero attached hydrogens (tertiary/aromatic N) is 1. The molecule has 0 bridgehead atoms. The van der Waals surface area contributed by atoms with Crippen molar-refractivity contribution in [3.8, 4) is 11.5 Å². The molecule has 0 aliphatic carbocycles. The van der Waals surface area contributed by atoms with Gasteiger partial charge in [0, 0.05) is 31.3 Å². The second kappa shape index (κ2) is 4.20. The second-order valence-electron chi connectivity index (χ2n) is 5.19. The summed E-state index contributed by atoms with van der Waals surface area (Å²) in [6.45, 7) is 5.25. The van der Waals surface area contributed by atoms with E-state index in [4.69, 9.17) is 0 Å². The number of hydrogen-bond donors (Lipinski definition) is 3. The SMILES string of the molecule is Oc1ccc(CN2C[C@H]3CNC[C@H]3C2)c(O)c1. The number of rotatable bonds is 2. The van der Waals surface area contributed by atoms with Crippen molar-refractivity contribution in [3.05, 3.63) is 23.8 Å². The highest BCUT2D eigenvalue weighted by Crippen LogP contribution is 2.30. The molecule has 92 valence electrons. The van der Waals surface area contributed by atoms with Gasteiger partial charge in [0.15, 0.2) is 0 Å². The number of phenolic OH excluding ortho intramolecular Hbond substituents is 2. The number of fused-ring (bicyclic) bond motifs is 1. The van der Waals surface area contributed by atoms with Crippen LogP contribution >= 0.6 is 0 Å². The lowest BCUT2D eigenvalue weighted by atomic mass is 10.0. The molecule has 4 heteroatoms. The first-order valence-corrected chi connectivity index (χ1v) is 6.16. The molecule has 1 aromatic rings. The first kappa shape index (κ1) is 10.9. The van der Waals surface area contributed by atoms with E-state index in [0.29, 0.717) is 0 Å². The van der Waals surface area contributed by atoms with Gasteiger partial charge in [-0.1, -0.05) is 6.07 Å². The van der Waals surface area contributed by atoms with Crippen molar-refractivity contribution >= 4 is 0 Å². The predicted molar refractivity (Wildman–Crippen MR) is 64.9 cm³/mol. The Balaban J connectivity index is 1.67. The standard InChI is InChI=1S/C13H18N2O2/c16-12-2-1-9(13(17)3-12)6-15-7-10-4-14-5-11(10)8-15/h1-3,10-11,14,16-17H,4-8H2/t10-,11+. The zero-order valence-electron chi connectivity index (χ0n) is 9.76. The number of hydrogen-bond acceptors (Lipinski definition) is 4. The molecule has 17 heavy (non-hydrogen) atoms. The number of benzene rings is 1. The largest absolute Gasteiger partial charge is 0.508 e. The summed E-state index contributed by atoms with van der Waals surface area (Å²) in [7, 11) is 0. The van der Waals surface area contributed by atoms with Gasteiger partial charge in [-0.2, -0.15) is 0 Å². The Bertz CT molecular complexity index is 410. The molecular formula is C13H18N2O2. The van der Waals surface area contributed by atoms with Gasteiger partial charge in [-0.3, -0.25) is 4.90 Å². The molecule has 0 radical (unpaired) electrons. The van der Waals surface area contributed by atoms with Crippen molar-refractivity contribution in [1.82, 2.24) is 10.2 Å². The lowest BCUT2D eigenvalue weighted by molar-refractivity contribution is 0.300. The normalized spacial score (nSPS) is 28.5. The van der Waals surface area contributed by atoms with Gasteiger partial charge < -0.3 is 15.5 Å². The third-order valence-electron chi connectivity index (χ3n) is 3.93.